The van der Waals surface area contributed by atoms with E-state index in [-0.39, 0.29) is 12.2 Å². The average molecular weight is 315 g/mol. The lowest BCUT2D eigenvalue weighted by Gasteiger charge is -2.25. The van der Waals surface area contributed by atoms with E-state index < -0.39 is 6.16 Å². The van der Waals surface area contributed by atoms with Gasteiger partial charge < -0.3 is 9.47 Å². The Bertz CT molecular complexity index is 247. The maximum absolute atomic E-state index is 12.1. The smallest absolute Gasteiger partial charge is 0.431 e. The standard InChI is InChI=1S/C19H38O3/c1-13(2)9-17(10-14(3)4)21-19(20)22-18(11-15(5)6)12-16(7)8/h13-18H,9-12H2,1-8H3. The first-order chi connectivity index (χ1) is 10.1. The normalized spacial score (nSPS) is 12.3. The van der Waals surface area contributed by atoms with Crippen LogP contribution in [0.5, 0.6) is 0 Å². The summed E-state index contributed by atoms with van der Waals surface area (Å²) in [5.74, 6) is 2.05. The Morgan fingerprint density at radius 2 is 0.818 bits per heavy atom. The molecule has 0 aliphatic rings. The summed E-state index contributed by atoms with van der Waals surface area (Å²) in [6.45, 7) is 17.2. The number of rotatable bonds is 10. The fourth-order valence-corrected chi connectivity index (χ4v) is 2.79. The van der Waals surface area contributed by atoms with E-state index in [0.717, 1.165) is 25.7 Å². The molecule has 22 heavy (non-hydrogen) atoms. The summed E-state index contributed by atoms with van der Waals surface area (Å²) >= 11 is 0. The van der Waals surface area contributed by atoms with Crippen molar-refractivity contribution in [1.29, 1.82) is 0 Å². The fraction of sp³-hybridized carbons (Fsp3) is 0.947. The summed E-state index contributed by atoms with van der Waals surface area (Å²) in [7, 11) is 0. The lowest BCUT2D eigenvalue weighted by molar-refractivity contribution is -0.0207. The van der Waals surface area contributed by atoms with E-state index in [9.17, 15) is 4.79 Å². The number of hydrogen-bond donors (Lipinski definition) is 0. The van der Waals surface area contributed by atoms with Crippen LogP contribution in [0.2, 0.25) is 0 Å². The van der Waals surface area contributed by atoms with Gasteiger partial charge in [0.15, 0.2) is 0 Å². The van der Waals surface area contributed by atoms with Crippen molar-refractivity contribution >= 4 is 6.16 Å². The third-order valence-electron chi connectivity index (χ3n) is 3.46. The summed E-state index contributed by atoms with van der Waals surface area (Å²) in [6, 6.07) is 0. The highest BCUT2D eigenvalue weighted by Crippen LogP contribution is 2.20. The van der Waals surface area contributed by atoms with Crippen molar-refractivity contribution in [3.05, 3.63) is 0 Å². The molecule has 0 fully saturated rings. The van der Waals surface area contributed by atoms with Crippen LogP contribution in [0.1, 0.15) is 81.1 Å². The van der Waals surface area contributed by atoms with Gasteiger partial charge in [-0.25, -0.2) is 4.79 Å². The van der Waals surface area contributed by atoms with Gasteiger partial charge in [-0.2, -0.15) is 0 Å². The molecule has 0 unspecified atom stereocenters. The molecule has 0 amide bonds. The lowest BCUT2D eigenvalue weighted by Crippen LogP contribution is -2.27. The van der Waals surface area contributed by atoms with Crippen LogP contribution in [0, 0.1) is 23.7 Å². The molecule has 0 aromatic carbocycles. The van der Waals surface area contributed by atoms with Gasteiger partial charge in [0.05, 0.1) is 0 Å². The van der Waals surface area contributed by atoms with E-state index in [4.69, 9.17) is 9.47 Å². The Morgan fingerprint density at radius 1 is 0.591 bits per heavy atom. The van der Waals surface area contributed by atoms with Gasteiger partial charge in [0.25, 0.3) is 0 Å². The highest BCUT2D eigenvalue weighted by atomic mass is 16.7. The first kappa shape index (κ1) is 21.3. The molecule has 3 heteroatoms. The van der Waals surface area contributed by atoms with Gasteiger partial charge in [0.2, 0.25) is 0 Å². The van der Waals surface area contributed by atoms with Crippen LogP contribution in [-0.2, 0) is 9.47 Å². The number of hydrogen-bond acceptors (Lipinski definition) is 3. The SMILES string of the molecule is CC(C)CC(CC(C)C)OC(=O)OC(CC(C)C)CC(C)C. The van der Waals surface area contributed by atoms with Crippen molar-refractivity contribution in [2.24, 2.45) is 23.7 Å². The minimum atomic E-state index is -0.488. The van der Waals surface area contributed by atoms with Crippen LogP contribution >= 0.6 is 0 Å². The second-order valence-electron chi connectivity index (χ2n) is 8.25. The number of ether oxygens (including phenoxy) is 2. The van der Waals surface area contributed by atoms with Crippen molar-refractivity contribution in [3.8, 4) is 0 Å². The molecule has 0 radical (unpaired) electrons. The Labute approximate surface area is 138 Å². The van der Waals surface area contributed by atoms with E-state index >= 15 is 0 Å². The Morgan fingerprint density at radius 3 is 1.00 bits per heavy atom. The third-order valence-corrected chi connectivity index (χ3v) is 3.46. The van der Waals surface area contributed by atoms with Gasteiger partial charge in [0.1, 0.15) is 12.2 Å². The van der Waals surface area contributed by atoms with Crippen molar-refractivity contribution in [1.82, 2.24) is 0 Å². The lowest BCUT2D eigenvalue weighted by atomic mass is 9.98. The second-order valence-corrected chi connectivity index (χ2v) is 8.25. The van der Waals surface area contributed by atoms with E-state index in [2.05, 4.69) is 55.4 Å². The summed E-state index contributed by atoms with van der Waals surface area (Å²) in [6.07, 6.45) is 3.02. The van der Waals surface area contributed by atoms with Crippen LogP contribution in [0.3, 0.4) is 0 Å². The molecular weight excluding hydrogens is 276 g/mol. The van der Waals surface area contributed by atoms with E-state index in [1.54, 1.807) is 0 Å². The monoisotopic (exact) mass is 314 g/mol. The third kappa shape index (κ3) is 11.9. The van der Waals surface area contributed by atoms with Crippen LogP contribution in [-0.4, -0.2) is 18.4 Å². The summed E-state index contributed by atoms with van der Waals surface area (Å²) in [5, 5.41) is 0. The van der Waals surface area contributed by atoms with Gasteiger partial charge in [-0.05, 0) is 49.4 Å². The van der Waals surface area contributed by atoms with E-state index in [1.165, 1.54) is 0 Å². The number of carbonyl (C=O) groups excluding carboxylic acids is 1. The molecule has 0 saturated carbocycles. The molecule has 0 aromatic rings. The predicted molar refractivity (Wildman–Crippen MR) is 93.0 cm³/mol. The van der Waals surface area contributed by atoms with E-state index in [1.807, 2.05) is 0 Å². The first-order valence-electron chi connectivity index (χ1n) is 8.97. The van der Waals surface area contributed by atoms with Crippen LogP contribution in [0.4, 0.5) is 4.79 Å². The molecule has 0 bridgehead atoms. The highest BCUT2D eigenvalue weighted by Gasteiger charge is 2.22. The van der Waals surface area contributed by atoms with Crippen LogP contribution in [0.25, 0.3) is 0 Å². The zero-order valence-electron chi connectivity index (χ0n) is 16.0. The molecule has 0 aromatic heterocycles. The Balaban J connectivity index is 4.54. The largest absolute Gasteiger partial charge is 0.508 e. The quantitative estimate of drug-likeness (QED) is 0.460. The minimum absolute atomic E-state index is 0.0359. The van der Waals surface area contributed by atoms with Gasteiger partial charge >= 0.3 is 6.16 Å². The topological polar surface area (TPSA) is 35.5 Å². The predicted octanol–water partition coefficient (Wildman–Crippen LogP) is 6.06. The van der Waals surface area contributed by atoms with Crippen molar-refractivity contribution in [2.45, 2.75) is 93.3 Å². The van der Waals surface area contributed by atoms with Crippen LogP contribution < -0.4 is 0 Å². The molecule has 0 saturated heterocycles. The molecule has 0 spiro atoms. The zero-order valence-corrected chi connectivity index (χ0v) is 16.0. The molecule has 0 N–H and O–H groups in total. The van der Waals surface area contributed by atoms with Crippen molar-refractivity contribution in [2.75, 3.05) is 0 Å². The summed E-state index contributed by atoms with van der Waals surface area (Å²) < 4.78 is 11.2. The molecule has 3 nitrogen and oxygen atoms in total. The second kappa shape index (κ2) is 10.9. The molecule has 0 aliphatic heterocycles. The van der Waals surface area contributed by atoms with Crippen molar-refractivity contribution in [3.63, 3.8) is 0 Å². The van der Waals surface area contributed by atoms with E-state index in [0.29, 0.717) is 23.7 Å². The Kier molecular flexibility index (Phi) is 10.5. The van der Waals surface area contributed by atoms with Crippen LogP contribution in [0.15, 0.2) is 0 Å². The van der Waals surface area contributed by atoms with Gasteiger partial charge in [0, 0.05) is 0 Å². The minimum Gasteiger partial charge on any atom is -0.431 e. The molecule has 132 valence electrons. The Hall–Kier alpha value is -0.730. The first-order valence-corrected chi connectivity index (χ1v) is 8.97. The highest BCUT2D eigenvalue weighted by molar-refractivity contribution is 5.60. The zero-order chi connectivity index (χ0) is 17.3. The summed E-state index contributed by atoms with van der Waals surface area (Å²) in [5.41, 5.74) is 0. The molecule has 0 aliphatic carbocycles. The maximum Gasteiger partial charge on any atom is 0.508 e. The van der Waals surface area contributed by atoms with Gasteiger partial charge in [-0.15, -0.1) is 0 Å². The van der Waals surface area contributed by atoms with Gasteiger partial charge in [-0.1, -0.05) is 55.4 Å². The van der Waals surface area contributed by atoms with Gasteiger partial charge in [-0.3, -0.25) is 0 Å². The summed E-state index contributed by atoms with van der Waals surface area (Å²) in [4.78, 5) is 12.1. The fourth-order valence-electron chi connectivity index (χ4n) is 2.79. The molecule has 0 atom stereocenters. The van der Waals surface area contributed by atoms with Crippen molar-refractivity contribution < 1.29 is 14.3 Å². The number of carbonyl (C=O) groups is 1. The molecular formula is C19H38O3. The average Bonchev–Trinajstić information content (AvgIpc) is 2.23. The maximum atomic E-state index is 12.1. The molecule has 0 rings (SSSR count). The molecule has 0 heterocycles.